The number of rotatable bonds is 3. The van der Waals surface area contributed by atoms with Crippen molar-refractivity contribution >= 4 is 5.95 Å². The summed E-state index contributed by atoms with van der Waals surface area (Å²) in [6.07, 6.45) is 7.89. The lowest BCUT2D eigenvalue weighted by Crippen LogP contribution is -2.45. The number of aromatic nitrogens is 4. The summed E-state index contributed by atoms with van der Waals surface area (Å²) < 4.78 is 5.45. The lowest BCUT2D eigenvalue weighted by Gasteiger charge is -2.40. The van der Waals surface area contributed by atoms with Gasteiger partial charge in [0.05, 0.1) is 18.9 Å². The predicted molar refractivity (Wildman–Crippen MR) is 109 cm³/mol. The molecule has 1 atom stereocenters. The smallest absolute Gasteiger partial charge is 0.255 e. The molecule has 0 bridgehead atoms. The molecule has 2 aromatic rings. The quantitative estimate of drug-likeness (QED) is 0.834. The van der Waals surface area contributed by atoms with E-state index in [0.717, 1.165) is 81.1 Å². The first-order valence-electron chi connectivity index (χ1n) is 10.6. The Labute approximate surface area is 170 Å². The molecule has 3 aliphatic rings. The number of anilines is 1. The Morgan fingerprint density at radius 1 is 1.17 bits per heavy atom. The van der Waals surface area contributed by atoms with Crippen molar-refractivity contribution in [1.29, 1.82) is 0 Å². The normalized spacial score (nSPS) is 24.8. The molecule has 1 unspecified atom stereocenters. The van der Waals surface area contributed by atoms with E-state index in [4.69, 9.17) is 9.72 Å². The van der Waals surface area contributed by atoms with Gasteiger partial charge in [0.15, 0.2) is 0 Å². The zero-order chi connectivity index (χ0) is 19.8. The Hall–Kier alpha value is -2.32. The van der Waals surface area contributed by atoms with Crippen LogP contribution in [0.3, 0.4) is 0 Å². The monoisotopic (exact) mass is 396 g/mol. The van der Waals surface area contributed by atoms with E-state index in [-0.39, 0.29) is 11.0 Å². The van der Waals surface area contributed by atoms with Gasteiger partial charge in [-0.3, -0.25) is 14.7 Å². The van der Waals surface area contributed by atoms with E-state index in [9.17, 15) is 4.79 Å². The number of likely N-dealkylation sites (tertiary alicyclic amines) is 1. The third-order valence-corrected chi connectivity index (χ3v) is 6.57. The third kappa shape index (κ3) is 3.55. The van der Waals surface area contributed by atoms with Crippen LogP contribution in [-0.4, -0.2) is 64.2 Å². The Morgan fingerprint density at radius 2 is 1.97 bits per heavy atom. The van der Waals surface area contributed by atoms with Crippen molar-refractivity contribution in [3.05, 3.63) is 45.4 Å². The highest BCUT2D eigenvalue weighted by atomic mass is 16.5. The van der Waals surface area contributed by atoms with Gasteiger partial charge in [0, 0.05) is 55.1 Å². The number of nitrogens with one attached hydrogen (secondary N) is 1. The van der Waals surface area contributed by atoms with Crippen LogP contribution in [0.25, 0.3) is 0 Å². The third-order valence-electron chi connectivity index (χ3n) is 6.57. The summed E-state index contributed by atoms with van der Waals surface area (Å²) in [5.74, 6) is 1.51. The highest BCUT2D eigenvalue weighted by molar-refractivity contribution is 5.40. The molecule has 1 N–H and O–H groups in total. The first-order chi connectivity index (χ1) is 14.1. The number of ether oxygens (including phenoxy) is 1. The Morgan fingerprint density at radius 3 is 2.76 bits per heavy atom. The zero-order valence-corrected chi connectivity index (χ0v) is 17.0. The largest absolute Gasteiger partial charge is 0.378 e. The molecule has 0 aromatic carbocycles. The summed E-state index contributed by atoms with van der Waals surface area (Å²) in [4.78, 5) is 34.2. The maximum absolute atomic E-state index is 12.8. The molecule has 0 saturated carbocycles. The van der Waals surface area contributed by atoms with Crippen molar-refractivity contribution in [1.82, 2.24) is 24.8 Å². The summed E-state index contributed by atoms with van der Waals surface area (Å²) in [5, 5.41) is 0. The van der Waals surface area contributed by atoms with Crippen molar-refractivity contribution in [2.75, 3.05) is 44.3 Å². The van der Waals surface area contributed by atoms with Crippen LogP contribution in [0.1, 0.15) is 41.9 Å². The molecule has 0 amide bonds. The number of fused-ring (bicyclic) bond motifs is 2. The lowest BCUT2D eigenvalue weighted by atomic mass is 9.77. The molecular formula is C21H28N6O2. The van der Waals surface area contributed by atoms with Crippen molar-refractivity contribution in [3.8, 4) is 0 Å². The molecule has 2 fully saturated rings. The zero-order valence-electron chi connectivity index (χ0n) is 17.0. The van der Waals surface area contributed by atoms with Crippen molar-refractivity contribution in [2.45, 2.75) is 44.6 Å². The minimum Gasteiger partial charge on any atom is -0.378 e. The van der Waals surface area contributed by atoms with E-state index in [1.807, 2.05) is 19.3 Å². The van der Waals surface area contributed by atoms with Crippen LogP contribution in [0.5, 0.6) is 0 Å². The summed E-state index contributed by atoms with van der Waals surface area (Å²) in [5.41, 5.74) is 3.08. The number of aromatic amines is 1. The van der Waals surface area contributed by atoms with Gasteiger partial charge in [0.2, 0.25) is 5.95 Å². The Balaban J connectivity index is 1.42. The van der Waals surface area contributed by atoms with Gasteiger partial charge in [-0.1, -0.05) is 0 Å². The summed E-state index contributed by atoms with van der Waals surface area (Å²) in [6, 6.07) is 0. The number of aryl methyl sites for hydroxylation is 1. The molecule has 154 valence electrons. The lowest BCUT2D eigenvalue weighted by molar-refractivity contribution is 0.121. The van der Waals surface area contributed by atoms with Crippen LogP contribution in [-0.2, 0) is 23.1 Å². The number of hydrogen-bond acceptors (Lipinski definition) is 7. The van der Waals surface area contributed by atoms with Crippen molar-refractivity contribution in [3.63, 3.8) is 0 Å². The van der Waals surface area contributed by atoms with Gasteiger partial charge in [0.1, 0.15) is 5.82 Å². The first kappa shape index (κ1) is 18.7. The second-order valence-electron chi connectivity index (χ2n) is 8.55. The molecule has 5 rings (SSSR count). The minimum absolute atomic E-state index is 0.0194. The highest BCUT2D eigenvalue weighted by Crippen LogP contribution is 2.43. The van der Waals surface area contributed by atoms with E-state index in [1.54, 1.807) is 0 Å². The Bertz CT molecular complexity index is 937. The fourth-order valence-corrected chi connectivity index (χ4v) is 5.08. The molecule has 4 heterocycles. The standard InChI is InChI=1S/C21H28N6O2/c1-15-22-11-16(12-23-15)13-26-6-2-4-21(14-26)5-3-17-18(21)24-20(25-19(17)28)27-7-9-29-10-8-27/h11-12H,2-10,13-14H2,1H3,(H,24,25,28). The van der Waals surface area contributed by atoms with E-state index in [1.165, 1.54) is 0 Å². The second kappa shape index (κ2) is 7.50. The van der Waals surface area contributed by atoms with Gasteiger partial charge >= 0.3 is 0 Å². The van der Waals surface area contributed by atoms with Crippen LogP contribution in [0.2, 0.25) is 0 Å². The number of nitrogens with zero attached hydrogens (tertiary/aromatic N) is 5. The van der Waals surface area contributed by atoms with Gasteiger partial charge in [-0.2, -0.15) is 0 Å². The van der Waals surface area contributed by atoms with Crippen LogP contribution < -0.4 is 10.5 Å². The van der Waals surface area contributed by atoms with Gasteiger partial charge in [0.25, 0.3) is 5.56 Å². The van der Waals surface area contributed by atoms with Crippen LogP contribution in [0, 0.1) is 6.92 Å². The highest BCUT2D eigenvalue weighted by Gasteiger charge is 2.45. The fraction of sp³-hybridized carbons (Fsp3) is 0.619. The second-order valence-corrected chi connectivity index (χ2v) is 8.55. The fourth-order valence-electron chi connectivity index (χ4n) is 5.08. The Kier molecular flexibility index (Phi) is 4.83. The molecular weight excluding hydrogens is 368 g/mol. The topological polar surface area (TPSA) is 87.2 Å². The van der Waals surface area contributed by atoms with Gasteiger partial charge in [-0.25, -0.2) is 15.0 Å². The summed E-state index contributed by atoms with van der Waals surface area (Å²) in [6.45, 7) is 7.65. The number of hydrogen-bond donors (Lipinski definition) is 1. The molecule has 2 aliphatic heterocycles. The SMILES string of the molecule is Cc1ncc(CN2CCCC3(CCc4c3nc(N3CCOCC3)[nH]c4=O)C2)cn1. The molecule has 29 heavy (non-hydrogen) atoms. The van der Waals surface area contributed by atoms with Crippen LogP contribution in [0.15, 0.2) is 17.2 Å². The number of H-pyrrole nitrogens is 1. The molecule has 2 aromatic heterocycles. The number of piperidine rings is 1. The maximum atomic E-state index is 12.8. The van der Waals surface area contributed by atoms with Gasteiger partial charge in [-0.15, -0.1) is 0 Å². The van der Waals surface area contributed by atoms with Gasteiger partial charge in [-0.05, 0) is 39.2 Å². The van der Waals surface area contributed by atoms with Gasteiger partial charge < -0.3 is 9.64 Å². The summed E-state index contributed by atoms with van der Waals surface area (Å²) >= 11 is 0. The molecule has 1 spiro atoms. The first-order valence-corrected chi connectivity index (χ1v) is 10.6. The average Bonchev–Trinajstić information content (AvgIpc) is 3.09. The van der Waals surface area contributed by atoms with Crippen LogP contribution in [0.4, 0.5) is 5.95 Å². The molecule has 8 heteroatoms. The molecule has 2 saturated heterocycles. The van der Waals surface area contributed by atoms with E-state index < -0.39 is 0 Å². The molecule has 0 radical (unpaired) electrons. The van der Waals surface area contributed by atoms with E-state index >= 15 is 0 Å². The molecule has 8 nitrogen and oxygen atoms in total. The minimum atomic E-state index is -0.0194. The van der Waals surface area contributed by atoms with E-state index in [2.05, 4.69) is 24.8 Å². The predicted octanol–water partition coefficient (Wildman–Crippen LogP) is 1.18. The maximum Gasteiger partial charge on any atom is 0.255 e. The number of morpholine rings is 1. The van der Waals surface area contributed by atoms with E-state index in [0.29, 0.717) is 19.2 Å². The molecule has 1 aliphatic carbocycles. The van der Waals surface area contributed by atoms with Crippen molar-refractivity contribution in [2.24, 2.45) is 0 Å². The van der Waals surface area contributed by atoms with Crippen molar-refractivity contribution < 1.29 is 4.74 Å². The van der Waals surface area contributed by atoms with Crippen LogP contribution >= 0.6 is 0 Å². The average molecular weight is 396 g/mol. The summed E-state index contributed by atoms with van der Waals surface area (Å²) in [7, 11) is 0.